The molecule has 1 saturated carbocycles. The van der Waals surface area contributed by atoms with Crippen molar-refractivity contribution < 1.29 is 18.3 Å². The molecule has 104 valence electrons. The standard InChI is InChI=1S/C12H16N2O4S/c1-19(17,18)10-3-2-6-13-12(10)14-9(7-11(15)16)8-4-5-8/h2-3,6,8-9H,4-5,7H2,1H3,(H,13,14)(H,15,16). The number of carbonyl (C=O) groups is 1. The third kappa shape index (κ3) is 3.66. The molecule has 0 aromatic carbocycles. The highest BCUT2D eigenvalue weighted by Crippen LogP contribution is 2.36. The summed E-state index contributed by atoms with van der Waals surface area (Å²) in [6.45, 7) is 0. The van der Waals surface area contributed by atoms with Gasteiger partial charge in [0, 0.05) is 18.5 Å². The van der Waals surface area contributed by atoms with Gasteiger partial charge in [0.25, 0.3) is 0 Å². The first-order chi connectivity index (χ1) is 8.88. The largest absolute Gasteiger partial charge is 0.481 e. The van der Waals surface area contributed by atoms with E-state index >= 15 is 0 Å². The summed E-state index contributed by atoms with van der Waals surface area (Å²) in [5, 5.41) is 11.9. The zero-order valence-electron chi connectivity index (χ0n) is 10.5. The summed E-state index contributed by atoms with van der Waals surface area (Å²) >= 11 is 0. The van der Waals surface area contributed by atoms with Crippen LogP contribution in [0, 0.1) is 5.92 Å². The Morgan fingerprint density at radius 1 is 1.58 bits per heavy atom. The second-order valence-electron chi connectivity index (χ2n) is 4.81. The van der Waals surface area contributed by atoms with Crippen molar-refractivity contribution in [2.75, 3.05) is 11.6 Å². The molecule has 1 aromatic heterocycles. The van der Waals surface area contributed by atoms with Crippen molar-refractivity contribution in [3.63, 3.8) is 0 Å². The Morgan fingerprint density at radius 3 is 2.79 bits per heavy atom. The molecule has 1 unspecified atom stereocenters. The number of carboxylic acids is 1. The number of nitrogens with one attached hydrogen (secondary N) is 1. The minimum Gasteiger partial charge on any atom is -0.481 e. The lowest BCUT2D eigenvalue weighted by molar-refractivity contribution is -0.137. The summed E-state index contributed by atoms with van der Waals surface area (Å²) in [6, 6.07) is 2.74. The van der Waals surface area contributed by atoms with Crippen molar-refractivity contribution in [3.05, 3.63) is 18.3 Å². The number of hydrogen-bond acceptors (Lipinski definition) is 5. The molecule has 1 aliphatic carbocycles. The number of hydrogen-bond donors (Lipinski definition) is 2. The summed E-state index contributed by atoms with van der Waals surface area (Å²) in [4.78, 5) is 15.0. The van der Waals surface area contributed by atoms with Crippen LogP contribution in [0.2, 0.25) is 0 Å². The van der Waals surface area contributed by atoms with Gasteiger partial charge in [-0.05, 0) is 30.9 Å². The first-order valence-corrected chi connectivity index (χ1v) is 7.90. The molecular formula is C12H16N2O4S. The van der Waals surface area contributed by atoms with Crippen LogP contribution in [0.4, 0.5) is 5.82 Å². The average Bonchev–Trinajstić information content (AvgIpc) is 3.10. The van der Waals surface area contributed by atoms with Crippen LogP contribution in [-0.4, -0.2) is 36.8 Å². The van der Waals surface area contributed by atoms with Crippen molar-refractivity contribution in [2.24, 2.45) is 5.92 Å². The molecule has 0 aliphatic heterocycles. The molecule has 2 rings (SSSR count). The number of carboxylic acid groups (broad SMARTS) is 1. The van der Waals surface area contributed by atoms with E-state index in [2.05, 4.69) is 10.3 Å². The van der Waals surface area contributed by atoms with Crippen LogP contribution >= 0.6 is 0 Å². The number of rotatable bonds is 6. The molecule has 19 heavy (non-hydrogen) atoms. The topological polar surface area (TPSA) is 96.4 Å². The number of aromatic nitrogens is 1. The van der Waals surface area contributed by atoms with Crippen molar-refractivity contribution in [1.82, 2.24) is 4.98 Å². The van der Waals surface area contributed by atoms with E-state index in [1.165, 1.54) is 12.3 Å². The second kappa shape index (κ2) is 5.16. The van der Waals surface area contributed by atoms with E-state index in [-0.39, 0.29) is 29.1 Å². The van der Waals surface area contributed by atoms with Crippen molar-refractivity contribution in [3.8, 4) is 0 Å². The fourth-order valence-corrected chi connectivity index (χ4v) is 2.78. The monoisotopic (exact) mass is 284 g/mol. The van der Waals surface area contributed by atoms with Crippen LogP contribution in [0.5, 0.6) is 0 Å². The number of sulfone groups is 1. The van der Waals surface area contributed by atoms with Gasteiger partial charge in [-0.1, -0.05) is 0 Å². The van der Waals surface area contributed by atoms with E-state index in [9.17, 15) is 13.2 Å². The first-order valence-electron chi connectivity index (χ1n) is 6.01. The average molecular weight is 284 g/mol. The Bertz CT molecular complexity index is 581. The number of anilines is 1. The Kier molecular flexibility index (Phi) is 3.75. The SMILES string of the molecule is CS(=O)(=O)c1cccnc1NC(CC(=O)O)C1CC1. The van der Waals surface area contributed by atoms with Crippen molar-refractivity contribution in [1.29, 1.82) is 0 Å². The van der Waals surface area contributed by atoms with E-state index in [1.54, 1.807) is 6.07 Å². The lowest BCUT2D eigenvalue weighted by Gasteiger charge is -2.18. The molecule has 0 bridgehead atoms. The summed E-state index contributed by atoms with van der Waals surface area (Å²) in [6.07, 6.45) is 4.49. The molecule has 2 N–H and O–H groups in total. The van der Waals surface area contributed by atoms with Crippen LogP contribution in [0.1, 0.15) is 19.3 Å². The Morgan fingerprint density at radius 2 is 2.26 bits per heavy atom. The zero-order chi connectivity index (χ0) is 14.0. The van der Waals surface area contributed by atoms with Gasteiger partial charge in [0.1, 0.15) is 10.7 Å². The van der Waals surface area contributed by atoms with Gasteiger partial charge in [0.15, 0.2) is 9.84 Å². The lowest BCUT2D eigenvalue weighted by atomic mass is 10.1. The lowest BCUT2D eigenvalue weighted by Crippen LogP contribution is -2.26. The van der Waals surface area contributed by atoms with E-state index in [4.69, 9.17) is 5.11 Å². The first kappa shape index (κ1) is 13.8. The molecule has 1 aliphatic rings. The maximum atomic E-state index is 11.6. The van der Waals surface area contributed by atoms with Gasteiger partial charge in [-0.2, -0.15) is 0 Å². The van der Waals surface area contributed by atoms with Gasteiger partial charge in [0.05, 0.1) is 6.42 Å². The molecule has 1 aromatic rings. The van der Waals surface area contributed by atoms with Gasteiger partial charge < -0.3 is 10.4 Å². The molecule has 6 nitrogen and oxygen atoms in total. The van der Waals surface area contributed by atoms with E-state index < -0.39 is 15.8 Å². The van der Waals surface area contributed by atoms with Gasteiger partial charge in [-0.25, -0.2) is 13.4 Å². The molecule has 0 radical (unpaired) electrons. The van der Waals surface area contributed by atoms with E-state index in [1.807, 2.05) is 0 Å². The van der Waals surface area contributed by atoms with Gasteiger partial charge in [-0.3, -0.25) is 4.79 Å². The summed E-state index contributed by atoms with van der Waals surface area (Å²) in [5.41, 5.74) is 0. The fourth-order valence-electron chi connectivity index (χ4n) is 2.00. The smallest absolute Gasteiger partial charge is 0.305 e. The quantitative estimate of drug-likeness (QED) is 0.813. The normalized spacial score (nSPS) is 16.9. The second-order valence-corrected chi connectivity index (χ2v) is 6.79. The zero-order valence-corrected chi connectivity index (χ0v) is 11.4. The summed E-state index contributed by atoms with van der Waals surface area (Å²) in [5.74, 6) is -0.380. The van der Waals surface area contributed by atoms with Gasteiger partial charge >= 0.3 is 5.97 Å². The van der Waals surface area contributed by atoms with E-state index in [0.717, 1.165) is 19.1 Å². The third-order valence-electron chi connectivity index (χ3n) is 3.08. The molecule has 0 amide bonds. The van der Waals surface area contributed by atoms with Crippen LogP contribution in [0.3, 0.4) is 0 Å². The Hall–Kier alpha value is -1.63. The highest BCUT2D eigenvalue weighted by Gasteiger charge is 2.33. The molecule has 7 heteroatoms. The molecule has 1 heterocycles. The fraction of sp³-hybridized carbons (Fsp3) is 0.500. The minimum atomic E-state index is -3.39. The third-order valence-corrected chi connectivity index (χ3v) is 4.21. The summed E-state index contributed by atoms with van der Waals surface area (Å²) < 4.78 is 23.3. The number of pyridine rings is 1. The van der Waals surface area contributed by atoms with Crippen LogP contribution in [0.15, 0.2) is 23.2 Å². The van der Waals surface area contributed by atoms with Crippen molar-refractivity contribution in [2.45, 2.75) is 30.2 Å². The Balaban J connectivity index is 2.24. The van der Waals surface area contributed by atoms with Crippen LogP contribution < -0.4 is 5.32 Å². The predicted molar refractivity (Wildman–Crippen MR) is 69.7 cm³/mol. The summed E-state index contributed by atoms with van der Waals surface area (Å²) in [7, 11) is -3.39. The molecular weight excluding hydrogens is 268 g/mol. The highest BCUT2D eigenvalue weighted by atomic mass is 32.2. The number of aliphatic carboxylic acids is 1. The van der Waals surface area contributed by atoms with Gasteiger partial charge in [-0.15, -0.1) is 0 Å². The molecule has 0 spiro atoms. The predicted octanol–water partition coefficient (Wildman–Crippen LogP) is 1.15. The van der Waals surface area contributed by atoms with Crippen LogP contribution in [0.25, 0.3) is 0 Å². The van der Waals surface area contributed by atoms with Gasteiger partial charge in [0.2, 0.25) is 0 Å². The van der Waals surface area contributed by atoms with Crippen LogP contribution in [-0.2, 0) is 14.6 Å². The Labute approximate surface area is 111 Å². The molecule has 1 fully saturated rings. The van der Waals surface area contributed by atoms with E-state index in [0.29, 0.717) is 0 Å². The molecule has 0 saturated heterocycles. The maximum absolute atomic E-state index is 11.6. The number of nitrogens with zero attached hydrogens (tertiary/aromatic N) is 1. The maximum Gasteiger partial charge on any atom is 0.305 e. The molecule has 1 atom stereocenters. The minimum absolute atomic E-state index is 0.0373. The van der Waals surface area contributed by atoms with Crippen molar-refractivity contribution >= 4 is 21.6 Å². The highest BCUT2D eigenvalue weighted by molar-refractivity contribution is 7.90.